The third-order valence-corrected chi connectivity index (χ3v) is 5.55. The van der Waals surface area contributed by atoms with Gasteiger partial charge in [0.05, 0.1) is 0 Å². The number of nitrogens with zero attached hydrogens (tertiary/aromatic N) is 3. The van der Waals surface area contributed by atoms with Crippen molar-refractivity contribution in [2.45, 2.75) is 12.4 Å². The summed E-state index contributed by atoms with van der Waals surface area (Å²) in [6.07, 6.45) is -8.93. The second-order valence-electron chi connectivity index (χ2n) is 6.72. The second kappa shape index (κ2) is 7.62. The minimum absolute atomic E-state index is 0.197. The Morgan fingerprint density at radius 2 is 1.81 bits per heavy atom. The van der Waals surface area contributed by atoms with E-state index in [9.17, 15) is 31.1 Å². The van der Waals surface area contributed by atoms with Gasteiger partial charge in [0, 0.05) is 29.2 Å². The molecular weight excluding hydrogens is 458 g/mol. The zero-order chi connectivity index (χ0) is 23.3. The molecule has 166 valence electrons. The van der Waals surface area contributed by atoms with Gasteiger partial charge >= 0.3 is 12.4 Å². The molecule has 0 saturated carbocycles. The predicted octanol–water partition coefficient (Wildman–Crippen LogP) is 5.99. The highest BCUT2D eigenvalue weighted by molar-refractivity contribution is 7.17. The van der Waals surface area contributed by atoms with E-state index in [1.807, 2.05) is 0 Å². The average Bonchev–Trinajstić information content (AvgIpc) is 3.31. The van der Waals surface area contributed by atoms with Crippen LogP contribution in [0.2, 0.25) is 0 Å². The fourth-order valence-electron chi connectivity index (χ4n) is 3.27. The van der Waals surface area contributed by atoms with E-state index >= 15 is 0 Å². The Hall–Kier alpha value is -3.41. The van der Waals surface area contributed by atoms with E-state index in [0.717, 1.165) is 24.0 Å². The molecule has 0 radical (unpaired) electrons. The van der Waals surface area contributed by atoms with Crippen molar-refractivity contribution in [1.82, 2.24) is 14.8 Å². The monoisotopic (exact) mass is 470 g/mol. The van der Waals surface area contributed by atoms with Gasteiger partial charge < -0.3 is 5.32 Å². The van der Waals surface area contributed by atoms with E-state index in [-0.39, 0.29) is 11.3 Å². The van der Waals surface area contributed by atoms with Crippen molar-refractivity contribution in [3.8, 4) is 11.3 Å². The molecule has 0 saturated heterocycles. The van der Waals surface area contributed by atoms with Crippen LogP contribution in [-0.2, 0) is 19.4 Å². The number of hydrogen-bond acceptors (Lipinski definition) is 4. The lowest BCUT2D eigenvalue weighted by Crippen LogP contribution is -2.21. The molecule has 0 aliphatic heterocycles. The van der Waals surface area contributed by atoms with Gasteiger partial charge in [0.1, 0.15) is 22.6 Å². The number of rotatable bonds is 3. The Labute approximate surface area is 180 Å². The largest absolute Gasteiger partial charge is 0.433 e. The summed E-state index contributed by atoms with van der Waals surface area (Å²) >= 11 is 1.23. The number of benzene rings is 1. The molecule has 0 spiro atoms. The molecule has 1 amide bonds. The van der Waals surface area contributed by atoms with Gasteiger partial charge in [0.25, 0.3) is 5.91 Å². The molecule has 5 nitrogen and oxygen atoms in total. The van der Waals surface area contributed by atoms with Gasteiger partial charge in [-0.25, -0.2) is 0 Å². The highest BCUT2D eigenvalue weighted by Crippen LogP contribution is 2.42. The maximum atomic E-state index is 14.1. The first-order valence-electron chi connectivity index (χ1n) is 8.92. The van der Waals surface area contributed by atoms with E-state index in [4.69, 9.17) is 0 Å². The topological polar surface area (TPSA) is 59.8 Å². The first-order chi connectivity index (χ1) is 15.0. The van der Waals surface area contributed by atoms with Crippen LogP contribution >= 0.6 is 11.3 Å². The van der Waals surface area contributed by atoms with Gasteiger partial charge in [-0.2, -0.15) is 31.4 Å². The van der Waals surface area contributed by atoms with Crippen LogP contribution in [0, 0.1) is 0 Å². The van der Waals surface area contributed by atoms with E-state index in [0.29, 0.717) is 16.2 Å². The van der Waals surface area contributed by atoms with Crippen molar-refractivity contribution in [2.75, 3.05) is 5.32 Å². The number of aryl methyl sites for hydroxylation is 1. The van der Waals surface area contributed by atoms with E-state index in [1.165, 1.54) is 17.4 Å². The molecule has 3 aromatic heterocycles. The lowest BCUT2D eigenvalue weighted by molar-refractivity contribution is -0.141. The van der Waals surface area contributed by atoms with Crippen LogP contribution in [0.1, 0.15) is 21.7 Å². The van der Waals surface area contributed by atoms with Crippen molar-refractivity contribution >= 4 is 33.0 Å². The summed E-state index contributed by atoms with van der Waals surface area (Å²) in [5, 5.41) is 8.47. The second-order valence-corrected chi connectivity index (χ2v) is 7.64. The van der Waals surface area contributed by atoms with Gasteiger partial charge in [0.15, 0.2) is 0 Å². The molecule has 0 aliphatic carbocycles. The standard InChI is InChI=1S/C20H12F6N4OS/c1-30-16(18(31)28-11-5-7-27-13(9-11)19(21,22)23)14(20(24,25)26)15(29-30)12-4-2-3-10-6-8-32-17(10)12/h2-9H,1H3,(H,27,28,31). The average molecular weight is 470 g/mol. The number of halogens is 6. The van der Waals surface area contributed by atoms with Crippen molar-refractivity contribution < 1.29 is 31.1 Å². The predicted molar refractivity (Wildman–Crippen MR) is 106 cm³/mol. The highest BCUT2D eigenvalue weighted by atomic mass is 32.1. The summed E-state index contributed by atoms with van der Waals surface area (Å²) in [7, 11) is 1.16. The number of alkyl halides is 6. The molecule has 4 rings (SSSR count). The third kappa shape index (κ3) is 3.93. The van der Waals surface area contributed by atoms with Gasteiger partial charge in [0.2, 0.25) is 0 Å². The fraction of sp³-hybridized carbons (Fsp3) is 0.150. The number of anilines is 1. The highest BCUT2D eigenvalue weighted by Gasteiger charge is 2.42. The molecule has 0 atom stereocenters. The van der Waals surface area contributed by atoms with E-state index < -0.39 is 40.9 Å². The molecule has 0 fully saturated rings. The Morgan fingerprint density at radius 1 is 1.06 bits per heavy atom. The maximum absolute atomic E-state index is 14.1. The van der Waals surface area contributed by atoms with Crippen LogP contribution in [0.3, 0.4) is 0 Å². The number of carbonyl (C=O) groups excluding carboxylic acids is 1. The molecule has 0 aliphatic rings. The first-order valence-corrected chi connectivity index (χ1v) is 9.80. The van der Waals surface area contributed by atoms with Crippen molar-refractivity contribution in [1.29, 1.82) is 0 Å². The minimum atomic E-state index is -4.95. The number of carbonyl (C=O) groups is 1. The smallest absolute Gasteiger partial charge is 0.321 e. The number of aromatic nitrogens is 3. The minimum Gasteiger partial charge on any atom is -0.321 e. The lowest BCUT2D eigenvalue weighted by atomic mass is 10.0. The molecule has 0 bridgehead atoms. The number of fused-ring (bicyclic) bond motifs is 1. The van der Waals surface area contributed by atoms with Crippen LogP contribution in [0.4, 0.5) is 32.0 Å². The van der Waals surface area contributed by atoms with Crippen LogP contribution in [0.25, 0.3) is 21.3 Å². The van der Waals surface area contributed by atoms with Gasteiger partial charge in [-0.1, -0.05) is 18.2 Å². The van der Waals surface area contributed by atoms with Crippen LogP contribution in [-0.4, -0.2) is 20.7 Å². The molecule has 32 heavy (non-hydrogen) atoms. The van der Waals surface area contributed by atoms with Crippen molar-refractivity contribution in [3.63, 3.8) is 0 Å². The van der Waals surface area contributed by atoms with Crippen LogP contribution in [0.15, 0.2) is 48.0 Å². The summed E-state index contributed by atoms with van der Waals surface area (Å²) in [6.45, 7) is 0. The van der Waals surface area contributed by atoms with E-state index in [1.54, 1.807) is 23.6 Å². The Morgan fingerprint density at radius 3 is 2.50 bits per heavy atom. The number of thiophene rings is 1. The maximum Gasteiger partial charge on any atom is 0.433 e. The number of nitrogens with one attached hydrogen (secondary N) is 1. The zero-order valence-electron chi connectivity index (χ0n) is 16.0. The SMILES string of the molecule is Cn1nc(-c2cccc3ccsc23)c(C(F)(F)F)c1C(=O)Nc1ccnc(C(F)(F)F)c1. The molecule has 0 unspecified atom stereocenters. The number of amides is 1. The Balaban J connectivity index is 1.82. The molecule has 1 N–H and O–H groups in total. The lowest BCUT2D eigenvalue weighted by Gasteiger charge is -2.12. The summed E-state index contributed by atoms with van der Waals surface area (Å²) in [6, 6.07) is 8.11. The molecule has 12 heteroatoms. The number of pyridine rings is 1. The molecule has 4 aromatic rings. The molecule has 3 heterocycles. The summed E-state index contributed by atoms with van der Waals surface area (Å²) < 4.78 is 82.1. The molecular formula is C20H12F6N4OS. The third-order valence-electron chi connectivity index (χ3n) is 4.59. The molecule has 1 aromatic carbocycles. The quantitative estimate of drug-likeness (QED) is 0.375. The normalized spacial score (nSPS) is 12.3. The van der Waals surface area contributed by atoms with Crippen LogP contribution < -0.4 is 5.32 Å². The van der Waals surface area contributed by atoms with Crippen molar-refractivity contribution in [3.05, 3.63) is 64.9 Å². The first kappa shape index (κ1) is 21.8. The van der Waals surface area contributed by atoms with Gasteiger partial charge in [-0.3, -0.25) is 14.5 Å². The Bertz CT molecular complexity index is 1320. The number of hydrogen-bond donors (Lipinski definition) is 1. The fourth-order valence-corrected chi connectivity index (χ4v) is 4.19. The van der Waals surface area contributed by atoms with E-state index in [2.05, 4.69) is 15.4 Å². The van der Waals surface area contributed by atoms with Gasteiger partial charge in [-0.15, -0.1) is 11.3 Å². The summed E-state index contributed by atoms with van der Waals surface area (Å²) in [4.78, 5) is 15.9. The Kier molecular flexibility index (Phi) is 5.19. The van der Waals surface area contributed by atoms with Crippen molar-refractivity contribution in [2.24, 2.45) is 7.05 Å². The zero-order valence-corrected chi connectivity index (χ0v) is 16.9. The summed E-state index contributed by atoms with van der Waals surface area (Å²) in [5.74, 6) is -1.25. The van der Waals surface area contributed by atoms with Crippen LogP contribution in [0.5, 0.6) is 0 Å². The van der Waals surface area contributed by atoms with Gasteiger partial charge in [-0.05, 0) is 29.0 Å². The summed E-state index contributed by atoms with van der Waals surface area (Å²) in [5.41, 5.74) is -3.99.